The van der Waals surface area contributed by atoms with Gasteiger partial charge in [0.05, 0.1) is 0 Å². The highest BCUT2D eigenvalue weighted by molar-refractivity contribution is 5.58. The van der Waals surface area contributed by atoms with Crippen molar-refractivity contribution in [2.45, 2.75) is 32.7 Å². The van der Waals surface area contributed by atoms with Crippen molar-refractivity contribution in [3.05, 3.63) is 41.6 Å². The Kier molecular flexibility index (Phi) is 4.39. The maximum absolute atomic E-state index is 4.54. The summed E-state index contributed by atoms with van der Waals surface area (Å²) in [4.78, 5) is 11.6. The molecule has 0 saturated carbocycles. The van der Waals surface area contributed by atoms with Crippen molar-refractivity contribution in [1.29, 1.82) is 0 Å². The van der Waals surface area contributed by atoms with Crippen LogP contribution in [0.3, 0.4) is 0 Å². The van der Waals surface area contributed by atoms with Gasteiger partial charge in [-0.3, -0.25) is 4.90 Å². The van der Waals surface area contributed by atoms with Crippen LogP contribution in [-0.2, 0) is 0 Å². The van der Waals surface area contributed by atoms with Gasteiger partial charge in [0, 0.05) is 30.4 Å². The van der Waals surface area contributed by atoms with Crippen LogP contribution in [0, 0.1) is 6.92 Å². The number of nitrogens with one attached hydrogen (secondary N) is 1. The average Bonchev–Trinajstić information content (AvgIpc) is 3.08. The summed E-state index contributed by atoms with van der Waals surface area (Å²) in [6.07, 6.45) is 2.65. The minimum Gasteiger partial charge on any atom is -0.373 e. The van der Waals surface area contributed by atoms with E-state index in [9.17, 15) is 0 Å². The lowest BCUT2D eigenvalue weighted by Gasteiger charge is -2.24. The standard InChI is InChI=1S/C18H24N4/c1-13-12-17(19-3)21-18(20-13)16-8-6-15(7-9-16)14(2)22-10-4-5-11-22/h6-9,12,14H,4-5,10-11H2,1-3H3,(H,19,20,21)/t14-/m0/s1. The van der Waals surface area contributed by atoms with Crippen LogP contribution >= 0.6 is 0 Å². The van der Waals surface area contributed by atoms with Crippen molar-refractivity contribution in [3.63, 3.8) is 0 Å². The molecule has 1 atom stereocenters. The Balaban J connectivity index is 1.83. The van der Waals surface area contributed by atoms with Gasteiger partial charge in [0.15, 0.2) is 5.82 Å². The summed E-state index contributed by atoms with van der Waals surface area (Å²) >= 11 is 0. The average molecular weight is 296 g/mol. The second-order valence-corrected chi connectivity index (χ2v) is 6.01. The smallest absolute Gasteiger partial charge is 0.161 e. The monoisotopic (exact) mass is 296 g/mol. The summed E-state index contributed by atoms with van der Waals surface area (Å²) in [6, 6.07) is 11.1. The second-order valence-electron chi connectivity index (χ2n) is 6.01. The fraction of sp³-hybridized carbons (Fsp3) is 0.444. The lowest BCUT2D eigenvalue weighted by Crippen LogP contribution is -2.23. The van der Waals surface area contributed by atoms with Crippen LogP contribution in [0.2, 0.25) is 0 Å². The lowest BCUT2D eigenvalue weighted by molar-refractivity contribution is 0.263. The van der Waals surface area contributed by atoms with Crippen LogP contribution < -0.4 is 5.32 Å². The SMILES string of the molecule is CNc1cc(C)nc(-c2ccc([C@H](C)N3CCCC3)cc2)n1. The minimum absolute atomic E-state index is 0.489. The summed E-state index contributed by atoms with van der Waals surface area (Å²) in [5.74, 6) is 1.64. The van der Waals surface area contributed by atoms with Gasteiger partial charge in [-0.15, -0.1) is 0 Å². The molecule has 4 heteroatoms. The summed E-state index contributed by atoms with van der Waals surface area (Å²) in [6.45, 7) is 6.73. The van der Waals surface area contributed by atoms with Gasteiger partial charge in [0.1, 0.15) is 5.82 Å². The second kappa shape index (κ2) is 6.44. The molecular weight excluding hydrogens is 272 g/mol. The summed E-state index contributed by atoms with van der Waals surface area (Å²) < 4.78 is 0. The van der Waals surface area contributed by atoms with Crippen molar-refractivity contribution >= 4 is 5.82 Å². The van der Waals surface area contributed by atoms with Crippen molar-refractivity contribution in [1.82, 2.24) is 14.9 Å². The number of aryl methyl sites for hydroxylation is 1. The molecule has 0 unspecified atom stereocenters. The highest BCUT2D eigenvalue weighted by Gasteiger charge is 2.19. The Hall–Kier alpha value is -1.94. The third-order valence-corrected chi connectivity index (χ3v) is 4.45. The molecule has 0 amide bonds. The zero-order chi connectivity index (χ0) is 15.5. The molecule has 1 N–H and O–H groups in total. The van der Waals surface area contributed by atoms with Gasteiger partial charge in [-0.25, -0.2) is 9.97 Å². The summed E-state index contributed by atoms with van der Waals surface area (Å²) in [5.41, 5.74) is 3.41. The number of likely N-dealkylation sites (tertiary alicyclic amines) is 1. The van der Waals surface area contributed by atoms with E-state index in [0.29, 0.717) is 6.04 Å². The van der Waals surface area contributed by atoms with E-state index in [4.69, 9.17) is 0 Å². The van der Waals surface area contributed by atoms with E-state index in [0.717, 1.165) is 22.9 Å². The molecule has 1 fully saturated rings. The molecule has 1 aliphatic heterocycles. The fourth-order valence-corrected chi connectivity index (χ4v) is 3.08. The molecule has 0 radical (unpaired) electrons. The van der Waals surface area contributed by atoms with Gasteiger partial charge in [-0.05, 0) is 45.3 Å². The topological polar surface area (TPSA) is 41.1 Å². The molecule has 0 bridgehead atoms. The number of rotatable bonds is 4. The van der Waals surface area contributed by atoms with Crippen molar-refractivity contribution in [2.75, 3.05) is 25.5 Å². The number of aromatic nitrogens is 2. The van der Waals surface area contributed by atoms with Gasteiger partial charge in [0.2, 0.25) is 0 Å². The zero-order valence-corrected chi connectivity index (χ0v) is 13.6. The summed E-state index contributed by atoms with van der Waals surface area (Å²) in [5, 5.41) is 3.09. The van der Waals surface area contributed by atoms with Crippen molar-refractivity contribution in [3.8, 4) is 11.4 Å². The third-order valence-electron chi connectivity index (χ3n) is 4.45. The van der Waals surface area contributed by atoms with Gasteiger partial charge in [-0.1, -0.05) is 24.3 Å². The first kappa shape index (κ1) is 15.0. The Labute approximate surface area is 132 Å². The molecule has 1 saturated heterocycles. The molecule has 2 aromatic rings. The Morgan fingerprint density at radius 1 is 1.09 bits per heavy atom. The normalized spacial score (nSPS) is 16.7. The van der Waals surface area contributed by atoms with Gasteiger partial charge < -0.3 is 5.32 Å². The first-order valence-electron chi connectivity index (χ1n) is 8.05. The first-order chi connectivity index (χ1) is 10.7. The number of benzene rings is 1. The largest absolute Gasteiger partial charge is 0.373 e. The van der Waals surface area contributed by atoms with E-state index >= 15 is 0 Å². The molecule has 22 heavy (non-hydrogen) atoms. The van der Waals surface area contributed by atoms with Crippen LogP contribution in [0.5, 0.6) is 0 Å². The predicted molar refractivity (Wildman–Crippen MR) is 91.0 cm³/mol. The fourth-order valence-electron chi connectivity index (χ4n) is 3.08. The highest BCUT2D eigenvalue weighted by atomic mass is 15.2. The quantitative estimate of drug-likeness (QED) is 0.935. The van der Waals surface area contributed by atoms with Crippen LogP contribution in [-0.4, -0.2) is 35.0 Å². The number of hydrogen-bond donors (Lipinski definition) is 1. The van der Waals surface area contributed by atoms with Crippen LogP contribution in [0.4, 0.5) is 5.82 Å². The molecule has 0 aliphatic carbocycles. The van der Waals surface area contributed by atoms with Crippen molar-refractivity contribution < 1.29 is 0 Å². The van der Waals surface area contributed by atoms with Crippen LogP contribution in [0.1, 0.15) is 37.1 Å². The van der Waals surface area contributed by atoms with E-state index < -0.39 is 0 Å². The molecule has 4 nitrogen and oxygen atoms in total. The molecule has 2 heterocycles. The Morgan fingerprint density at radius 3 is 2.41 bits per heavy atom. The third kappa shape index (κ3) is 3.12. The van der Waals surface area contributed by atoms with Crippen LogP contribution in [0.25, 0.3) is 11.4 Å². The predicted octanol–water partition coefficient (Wildman–Crippen LogP) is 3.65. The Bertz CT molecular complexity index is 630. The first-order valence-corrected chi connectivity index (χ1v) is 8.05. The van der Waals surface area contributed by atoms with E-state index in [1.165, 1.54) is 31.5 Å². The van der Waals surface area contributed by atoms with Gasteiger partial charge >= 0.3 is 0 Å². The molecule has 0 spiro atoms. The van der Waals surface area contributed by atoms with E-state index in [2.05, 4.69) is 51.4 Å². The minimum atomic E-state index is 0.489. The molecule has 116 valence electrons. The molecule has 3 rings (SSSR count). The van der Waals surface area contributed by atoms with E-state index in [1.54, 1.807) is 0 Å². The van der Waals surface area contributed by atoms with E-state index in [-0.39, 0.29) is 0 Å². The zero-order valence-electron chi connectivity index (χ0n) is 13.6. The Morgan fingerprint density at radius 2 is 1.77 bits per heavy atom. The number of anilines is 1. The summed E-state index contributed by atoms with van der Waals surface area (Å²) in [7, 11) is 1.88. The highest BCUT2D eigenvalue weighted by Crippen LogP contribution is 2.26. The van der Waals surface area contributed by atoms with Crippen LogP contribution in [0.15, 0.2) is 30.3 Å². The van der Waals surface area contributed by atoms with E-state index in [1.807, 2.05) is 20.0 Å². The maximum Gasteiger partial charge on any atom is 0.161 e. The molecule has 1 aromatic heterocycles. The molecule has 1 aliphatic rings. The van der Waals surface area contributed by atoms with Gasteiger partial charge in [-0.2, -0.15) is 0 Å². The molecular formula is C18H24N4. The molecule has 1 aromatic carbocycles. The number of hydrogen-bond acceptors (Lipinski definition) is 4. The number of nitrogens with zero attached hydrogens (tertiary/aromatic N) is 3. The van der Waals surface area contributed by atoms with Crippen molar-refractivity contribution in [2.24, 2.45) is 0 Å². The van der Waals surface area contributed by atoms with Gasteiger partial charge in [0.25, 0.3) is 0 Å². The maximum atomic E-state index is 4.54. The lowest BCUT2D eigenvalue weighted by atomic mass is 10.0.